The van der Waals surface area contributed by atoms with Crippen LogP contribution in [0.5, 0.6) is 0 Å². The number of hydrogen-bond donors (Lipinski definition) is 3. The van der Waals surface area contributed by atoms with Gasteiger partial charge in [0.1, 0.15) is 40.9 Å². The predicted octanol–water partition coefficient (Wildman–Crippen LogP) is 2.49. The number of hydrogen-bond acceptors (Lipinski definition) is 7. The molecule has 9 heteroatoms. The van der Waals surface area contributed by atoms with Gasteiger partial charge in [0.15, 0.2) is 0 Å². The van der Waals surface area contributed by atoms with Crippen molar-refractivity contribution >= 4 is 28.5 Å². The molecule has 1 aromatic carbocycles. The second-order valence-electron chi connectivity index (χ2n) is 5.50. The van der Waals surface area contributed by atoms with E-state index < -0.39 is 17.8 Å². The first-order chi connectivity index (χ1) is 12.4. The Hall–Kier alpha value is -3.80. The Bertz CT molecular complexity index is 1060. The van der Waals surface area contributed by atoms with Crippen LogP contribution in [0.3, 0.4) is 0 Å². The average Bonchev–Trinajstić information content (AvgIpc) is 2.61. The number of para-hydroxylation sites is 1. The zero-order valence-corrected chi connectivity index (χ0v) is 13.6. The lowest BCUT2D eigenvalue weighted by atomic mass is 10.0. The zero-order valence-electron chi connectivity index (χ0n) is 13.6. The summed E-state index contributed by atoms with van der Waals surface area (Å²) in [7, 11) is 0. The summed E-state index contributed by atoms with van der Waals surface area (Å²) in [6, 6.07) is 6.87. The smallest absolute Gasteiger partial charge is 0.337 e. The Morgan fingerprint density at radius 3 is 2.88 bits per heavy atom. The summed E-state index contributed by atoms with van der Waals surface area (Å²) in [5, 5.41) is 22.0. The average molecular weight is 352 g/mol. The number of carboxylic acid groups (broad SMARTS) is 1. The van der Waals surface area contributed by atoms with Gasteiger partial charge in [-0.25, -0.2) is 24.1 Å². The molecular weight excluding hydrogens is 339 g/mol. The molecule has 26 heavy (non-hydrogen) atoms. The van der Waals surface area contributed by atoms with Gasteiger partial charge < -0.3 is 16.2 Å². The molecular formula is C17H13FN6O2. The van der Waals surface area contributed by atoms with Gasteiger partial charge in [0.25, 0.3) is 0 Å². The van der Waals surface area contributed by atoms with E-state index >= 15 is 0 Å². The second-order valence-corrected chi connectivity index (χ2v) is 5.50. The Labute approximate surface area is 147 Å². The second kappa shape index (κ2) is 6.60. The Morgan fingerprint density at radius 2 is 2.19 bits per heavy atom. The van der Waals surface area contributed by atoms with E-state index in [0.29, 0.717) is 5.39 Å². The highest BCUT2D eigenvalue weighted by atomic mass is 19.1. The molecule has 3 rings (SSSR count). The van der Waals surface area contributed by atoms with Crippen LogP contribution in [-0.2, 0) is 0 Å². The van der Waals surface area contributed by atoms with Crippen molar-refractivity contribution in [2.75, 3.05) is 11.1 Å². The van der Waals surface area contributed by atoms with Crippen LogP contribution in [0, 0.1) is 17.1 Å². The number of anilines is 2. The van der Waals surface area contributed by atoms with Crippen molar-refractivity contribution in [1.29, 1.82) is 5.26 Å². The van der Waals surface area contributed by atoms with Crippen molar-refractivity contribution in [3.05, 3.63) is 53.2 Å². The molecule has 130 valence electrons. The van der Waals surface area contributed by atoms with E-state index in [9.17, 15) is 19.6 Å². The van der Waals surface area contributed by atoms with Crippen LogP contribution < -0.4 is 11.1 Å². The normalized spacial score (nSPS) is 11.7. The van der Waals surface area contributed by atoms with E-state index in [2.05, 4.69) is 20.3 Å². The minimum atomic E-state index is -1.20. The number of benzene rings is 1. The molecule has 0 saturated carbocycles. The highest BCUT2D eigenvalue weighted by Crippen LogP contribution is 2.27. The molecule has 4 N–H and O–H groups in total. The summed E-state index contributed by atoms with van der Waals surface area (Å²) in [6.45, 7) is 1.63. The number of nitrogens with two attached hydrogens (primary N) is 1. The lowest BCUT2D eigenvalue weighted by molar-refractivity contribution is 0.0695. The predicted molar refractivity (Wildman–Crippen MR) is 91.9 cm³/mol. The molecule has 8 nitrogen and oxygen atoms in total. The molecule has 0 aliphatic heterocycles. The van der Waals surface area contributed by atoms with Gasteiger partial charge in [0.2, 0.25) is 0 Å². The SMILES string of the molecule is C[C@H](Nc1ncnc(N)c1C#N)c1nc2c(F)cccc2cc1C(=O)O. The fourth-order valence-electron chi connectivity index (χ4n) is 2.57. The molecule has 0 aliphatic carbocycles. The van der Waals surface area contributed by atoms with Crippen molar-refractivity contribution in [1.82, 2.24) is 15.0 Å². The quantitative estimate of drug-likeness (QED) is 0.651. The first kappa shape index (κ1) is 17.0. The summed E-state index contributed by atoms with van der Waals surface area (Å²) in [5.41, 5.74) is 5.76. The highest BCUT2D eigenvalue weighted by Gasteiger charge is 2.21. The summed E-state index contributed by atoms with van der Waals surface area (Å²) in [6.07, 6.45) is 1.18. The van der Waals surface area contributed by atoms with E-state index in [1.54, 1.807) is 13.0 Å². The van der Waals surface area contributed by atoms with E-state index in [0.717, 1.165) is 0 Å². The summed E-state index contributed by atoms with van der Waals surface area (Å²) in [5.74, 6) is -1.63. The van der Waals surface area contributed by atoms with Gasteiger partial charge in [-0.15, -0.1) is 0 Å². The van der Waals surface area contributed by atoms with Gasteiger partial charge in [0, 0.05) is 5.39 Å². The number of aromatic carboxylic acids is 1. The number of carbonyl (C=O) groups is 1. The maximum absolute atomic E-state index is 14.1. The molecule has 0 unspecified atom stereocenters. The topological polar surface area (TPSA) is 138 Å². The van der Waals surface area contributed by atoms with Gasteiger partial charge in [-0.05, 0) is 19.1 Å². The monoisotopic (exact) mass is 352 g/mol. The van der Waals surface area contributed by atoms with Crippen LogP contribution >= 0.6 is 0 Å². The first-order valence-electron chi connectivity index (χ1n) is 7.52. The lowest BCUT2D eigenvalue weighted by Gasteiger charge is -2.18. The van der Waals surface area contributed by atoms with Crippen LogP contribution in [0.2, 0.25) is 0 Å². The molecule has 0 radical (unpaired) electrons. The number of nitrogens with one attached hydrogen (secondary N) is 1. The maximum Gasteiger partial charge on any atom is 0.337 e. The Balaban J connectivity index is 2.11. The first-order valence-corrected chi connectivity index (χ1v) is 7.52. The molecule has 0 spiro atoms. The number of carboxylic acids is 1. The molecule has 0 saturated heterocycles. The molecule has 2 heterocycles. The third-order valence-electron chi connectivity index (χ3n) is 3.81. The van der Waals surface area contributed by atoms with Crippen LogP contribution in [0.1, 0.15) is 34.6 Å². The van der Waals surface area contributed by atoms with Gasteiger partial charge in [-0.2, -0.15) is 5.26 Å². The fourth-order valence-corrected chi connectivity index (χ4v) is 2.57. The van der Waals surface area contributed by atoms with E-state index in [1.807, 2.05) is 6.07 Å². The molecule has 2 aromatic heterocycles. The van der Waals surface area contributed by atoms with Crippen molar-refractivity contribution < 1.29 is 14.3 Å². The van der Waals surface area contributed by atoms with Gasteiger partial charge in [-0.3, -0.25) is 0 Å². The molecule has 3 aromatic rings. The van der Waals surface area contributed by atoms with Crippen LogP contribution in [0.4, 0.5) is 16.0 Å². The molecule has 0 aliphatic rings. The fraction of sp³-hybridized carbons (Fsp3) is 0.118. The minimum Gasteiger partial charge on any atom is -0.478 e. The van der Waals surface area contributed by atoms with Gasteiger partial charge >= 0.3 is 5.97 Å². The Morgan fingerprint density at radius 1 is 1.42 bits per heavy atom. The summed E-state index contributed by atoms with van der Waals surface area (Å²) >= 11 is 0. The van der Waals surface area contributed by atoms with Crippen LogP contribution in [-0.4, -0.2) is 26.0 Å². The Kier molecular flexibility index (Phi) is 4.33. The standard InChI is InChI=1S/C17H13FN6O2/c1-8(23-16-11(6-19)15(20)21-7-22-16)13-10(17(25)26)5-9-3-2-4-12(18)14(9)24-13/h2-5,7-8H,1H3,(H,25,26)(H3,20,21,22,23)/t8-/m0/s1. The lowest BCUT2D eigenvalue weighted by Crippen LogP contribution is -2.16. The maximum atomic E-state index is 14.1. The molecule has 0 fully saturated rings. The summed E-state index contributed by atoms with van der Waals surface area (Å²) in [4.78, 5) is 23.5. The number of pyridine rings is 1. The molecule has 0 bridgehead atoms. The largest absolute Gasteiger partial charge is 0.478 e. The van der Waals surface area contributed by atoms with Crippen molar-refractivity contribution in [3.63, 3.8) is 0 Å². The third-order valence-corrected chi connectivity index (χ3v) is 3.81. The molecule has 1 atom stereocenters. The van der Waals surface area contributed by atoms with Gasteiger partial charge in [0.05, 0.1) is 17.3 Å². The van der Waals surface area contributed by atoms with Crippen molar-refractivity contribution in [2.45, 2.75) is 13.0 Å². The number of halogens is 1. The van der Waals surface area contributed by atoms with Crippen molar-refractivity contribution in [3.8, 4) is 6.07 Å². The van der Waals surface area contributed by atoms with Crippen molar-refractivity contribution in [2.24, 2.45) is 0 Å². The number of rotatable bonds is 4. The summed E-state index contributed by atoms with van der Waals surface area (Å²) < 4.78 is 14.1. The number of aromatic nitrogens is 3. The van der Waals surface area contributed by atoms with Crippen LogP contribution in [0.25, 0.3) is 10.9 Å². The number of fused-ring (bicyclic) bond motifs is 1. The third kappa shape index (κ3) is 2.95. The van der Waals surface area contributed by atoms with E-state index in [-0.39, 0.29) is 34.0 Å². The minimum absolute atomic E-state index is 0.00632. The van der Waals surface area contributed by atoms with E-state index in [4.69, 9.17) is 5.73 Å². The number of nitrogen functional groups attached to an aromatic ring is 1. The number of nitriles is 1. The van der Waals surface area contributed by atoms with Gasteiger partial charge in [-0.1, -0.05) is 12.1 Å². The zero-order chi connectivity index (χ0) is 18.8. The number of nitrogens with zero attached hydrogens (tertiary/aromatic N) is 4. The van der Waals surface area contributed by atoms with Crippen LogP contribution in [0.15, 0.2) is 30.6 Å². The molecule has 0 amide bonds. The van der Waals surface area contributed by atoms with E-state index in [1.165, 1.54) is 24.5 Å². The highest BCUT2D eigenvalue weighted by molar-refractivity contribution is 5.94.